The third kappa shape index (κ3) is 5.12. The minimum atomic E-state index is -0.0885. The minimum absolute atomic E-state index is 0.0885. The van der Waals surface area contributed by atoms with Crippen molar-refractivity contribution in [3.8, 4) is 5.75 Å². The Hall–Kier alpha value is -3.60. The van der Waals surface area contributed by atoms with E-state index in [-0.39, 0.29) is 5.91 Å². The van der Waals surface area contributed by atoms with Crippen LogP contribution in [0.3, 0.4) is 0 Å². The van der Waals surface area contributed by atoms with Crippen LogP contribution in [-0.4, -0.2) is 29.1 Å². The number of benzene rings is 3. The number of nitrogens with one attached hydrogen (secondary N) is 1. The van der Waals surface area contributed by atoms with E-state index in [4.69, 9.17) is 9.72 Å². The van der Waals surface area contributed by atoms with Crippen LogP contribution in [0, 0.1) is 0 Å². The highest BCUT2D eigenvalue weighted by Gasteiger charge is 2.11. The van der Waals surface area contributed by atoms with Crippen LogP contribution in [0.4, 0.5) is 0 Å². The Kier molecular flexibility index (Phi) is 6.62. The first kappa shape index (κ1) is 20.7. The average molecular weight is 414 g/mol. The number of aryl methyl sites for hydroxylation is 2. The summed E-state index contributed by atoms with van der Waals surface area (Å²) in [5.74, 6) is 1.65. The molecule has 1 N–H and O–H groups in total. The highest BCUT2D eigenvalue weighted by Crippen LogP contribution is 2.18. The number of carbonyl (C=O) groups excluding carboxylic acids is 1. The summed E-state index contributed by atoms with van der Waals surface area (Å²) in [7, 11) is 1.61. The quantitative estimate of drug-likeness (QED) is 0.435. The topological polar surface area (TPSA) is 56.1 Å². The first-order valence-corrected chi connectivity index (χ1v) is 10.6. The SMILES string of the molecule is COc1ccc(C(=O)NCCc2nc3ccccc3n2CCCc2ccccc2)cc1. The van der Waals surface area contributed by atoms with E-state index in [9.17, 15) is 4.79 Å². The van der Waals surface area contributed by atoms with Crippen LogP contribution in [-0.2, 0) is 19.4 Å². The summed E-state index contributed by atoms with van der Waals surface area (Å²) in [6, 6.07) is 25.9. The second-order valence-electron chi connectivity index (χ2n) is 7.49. The molecule has 4 rings (SSSR count). The van der Waals surface area contributed by atoms with Gasteiger partial charge in [-0.3, -0.25) is 4.79 Å². The Balaban J connectivity index is 1.40. The molecule has 5 heteroatoms. The van der Waals surface area contributed by atoms with Crippen molar-refractivity contribution in [3.05, 3.63) is 95.8 Å². The zero-order valence-electron chi connectivity index (χ0n) is 17.8. The molecule has 0 aliphatic heterocycles. The van der Waals surface area contributed by atoms with Gasteiger partial charge in [0.2, 0.25) is 0 Å². The fourth-order valence-corrected chi connectivity index (χ4v) is 3.78. The highest BCUT2D eigenvalue weighted by atomic mass is 16.5. The van der Waals surface area contributed by atoms with Gasteiger partial charge in [-0.1, -0.05) is 42.5 Å². The van der Waals surface area contributed by atoms with Gasteiger partial charge < -0.3 is 14.6 Å². The molecule has 0 aliphatic rings. The Bertz CT molecular complexity index is 1130. The second-order valence-corrected chi connectivity index (χ2v) is 7.49. The van der Waals surface area contributed by atoms with E-state index < -0.39 is 0 Å². The molecular weight excluding hydrogens is 386 g/mol. The first-order valence-electron chi connectivity index (χ1n) is 10.6. The summed E-state index contributed by atoms with van der Waals surface area (Å²) >= 11 is 0. The van der Waals surface area contributed by atoms with Gasteiger partial charge in [0.25, 0.3) is 5.91 Å². The van der Waals surface area contributed by atoms with Crippen LogP contribution in [0.1, 0.15) is 28.2 Å². The molecular formula is C26H27N3O2. The smallest absolute Gasteiger partial charge is 0.251 e. The monoisotopic (exact) mass is 413 g/mol. The van der Waals surface area contributed by atoms with E-state index in [0.717, 1.165) is 42.0 Å². The number of imidazole rings is 1. The number of hydrogen-bond donors (Lipinski definition) is 1. The summed E-state index contributed by atoms with van der Waals surface area (Å²) in [6.45, 7) is 1.43. The molecule has 158 valence electrons. The normalized spacial score (nSPS) is 10.9. The molecule has 0 atom stereocenters. The Morgan fingerprint density at radius 1 is 0.935 bits per heavy atom. The van der Waals surface area contributed by atoms with Crippen molar-refractivity contribution < 1.29 is 9.53 Å². The van der Waals surface area contributed by atoms with Gasteiger partial charge in [-0.25, -0.2) is 4.98 Å². The van der Waals surface area contributed by atoms with Crippen molar-refractivity contribution in [1.82, 2.24) is 14.9 Å². The third-order valence-corrected chi connectivity index (χ3v) is 5.41. The van der Waals surface area contributed by atoms with Gasteiger partial charge in [0.15, 0.2) is 0 Å². The number of hydrogen-bond acceptors (Lipinski definition) is 3. The largest absolute Gasteiger partial charge is 0.497 e. The van der Waals surface area contributed by atoms with Gasteiger partial charge >= 0.3 is 0 Å². The van der Waals surface area contributed by atoms with Crippen molar-refractivity contribution in [1.29, 1.82) is 0 Å². The number of nitrogens with zero attached hydrogens (tertiary/aromatic N) is 2. The van der Waals surface area contributed by atoms with Crippen LogP contribution in [0.2, 0.25) is 0 Å². The molecule has 31 heavy (non-hydrogen) atoms. The molecule has 0 spiro atoms. The van der Waals surface area contributed by atoms with Gasteiger partial charge in [-0.05, 0) is 54.8 Å². The van der Waals surface area contributed by atoms with Gasteiger partial charge in [-0.15, -0.1) is 0 Å². The maximum Gasteiger partial charge on any atom is 0.251 e. The summed E-state index contributed by atoms with van der Waals surface area (Å²) in [4.78, 5) is 17.3. The van der Waals surface area contributed by atoms with Crippen LogP contribution < -0.4 is 10.1 Å². The molecule has 1 amide bonds. The van der Waals surface area contributed by atoms with Gasteiger partial charge in [0.05, 0.1) is 18.1 Å². The van der Waals surface area contributed by atoms with Crippen molar-refractivity contribution in [3.63, 3.8) is 0 Å². The summed E-state index contributed by atoms with van der Waals surface area (Å²) in [6.07, 6.45) is 2.75. The van der Waals surface area contributed by atoms with Crippen LogP contribution in [0.5, 0.6) is 5.75 Å². The molecule has 0 radical (unpaired) electrons. The lowest BCUT2D eigenvalue weighted by atomic mass is 10.1. The Morgan fingerprint density at radius 3 is 2.45 bits per heavy atom. The molecule has 1 aromatic heterocycles. The summed E-state index contributed by atoms with van der Waals surface area (Å²) < 4.78 is 7.44. The molecule has 0 aliphatic carbocycles. The first-order chi connectivity index (χ1) is 15.2. The Morgan fingerprint density at radius 2 is 1.68 bits per heavy atom. The van der Waals surface area contributed by atoms with Gasteiger partial charge in [0, 0.05) is 25.1 Å². The molecule has 0 unspecified atom stereocenters. The molecule has 3 aromatic carbocycles. The van der Waals surface area contributed by atoms with Crippen molar-refractivity contribution in [2.45, 2.75) is 25.8 Å². The maximum absolute atomic E-state index is 12.4. The Labute approximate surface area is 182 Å². The molecule has 5 nitrogen and oxygen atoms in total. The van der Waals surface area contributed by atoms with Crippen LogP contribution in [0.15, 0.2) is 78.9 Å². The van der Waals surface area contributed by atoms with Gasteiger partial charge in [-0.2, -0.15) is 0 Å². The minimum Gasteiger partial charge on any atom is -0.497 e. The average Bonchev–Trinajstić information content (AvgIpc) is 3.17. The van der Waals surface area contributed by atoms with Crippen LogP contribution >= 0.6 is 0 Å². The third-order valence-electron chi connectivity index (χ3n) is 5.41. The fourth-order valence-electron chi connectivity index (χ4n) is 3.78. The fraction of sp³-hybridized carbons (Fsp3) is 0.231. The van der Waals surface area contributed by atoms with E-state index in [1.165, 1.54) is 5.56 Å². The number of aromatic nitrogens is 2. The highest BCUT2D eigenvalue weighted by molar-refractivity contribution is 5.94. The number of para-hydroxylation sites is 2. The molecule has 4 aromatic rings. The predicted molar refractivity (Wildman–Crippen MR) is 124 cm³/mol. The van der Waals surface area contributed by atoms with Crippen molar-refractivity contribution in [2.75, 3.05) is 13.7 Å². The van der Waals surface area contributed by atoms with E-state index in [1.54, 1.807) is 31.4 Å². The van der Waals surface area contributed by atoms with E-state index in [1.807, 2.05) is 24.3 Å². The van der Waals surface area contributed by atoms with E-state index in [0.29, 0.717) is 18.5 Å². The number of carbonyl (C=O) groups is 1. The lowest BCUT2D eigenvalue weighted by molar-refractivity contribution is 0.0954. The molecule has 0 saturated heterocycles. The number of fused-ring (bicyclic) bond motifs is 1. The molecule has 1 heterocycles. The van der Waals surface area contributed by atoms with Crippen LogP contribution in [0.25, 0.3) is 11.0 Å². The lowest BCUT2D eigenvalue weighted by Gasteiger charge is -2.10. The maximum atomic E-state index is 12.4. The second kappa shape index (κ2) is 9.94. The number of rotatable bonds is 9. The molecule has 0 bridgehead atoms. The van der Waals surface area contributed by atoms with E-state index in [2.05, 4.69) is 40.2 Å². The van der Waals surface area contributed by atoms with Crippen molar-refractivity contribution >= 4 is 16.9 Å². The number of methoxy groups -OCH3 is 1. The standard InChI is InChI=1S/C26H27N3O2/c1-31-22-15-13-21(14-16-22)26(30)27-18-17-25-28-23-11-5-6-12-24(23)29(25)19-7-10-20-8-3-2-4-9-20/h2-6,8-9,11-16H,7,10,17-19H2,1H3,(H,27,30). The molecule has 0 fully saturated rings. The van der Waals surface area contributed by atoms with E-state index >= 15 is 0 Å². The number of ether oxygens (including phenoxy) is 1. The summed E-state index contributed by atoms with van der Waals surface area (Å²) in [5, 5.41) is 3.01. The zero-order valence-corrected chi connectivity index (χ0v) is 17.8. The lowest BCUT2D eigenvalue weighted by Crippen LogP contribution is -2.26. The van der Waals surface area contributed by atoms with Crippen molar-refractivity contribution in [2.24, 2.45) is 0 Å². The predicted octanol–water partition coefficient (Wildman–Crippen LogP) is 4.65. The summed E-state index contributed by atoms with van der Waals surface area (Å²) in [5.41, 5.74) is 4.11. The van der Waals surface area contributed by atoms with Gasteiger partial charge in [0.1, 0.15) is 11.6 Å². The number of amides is 1. The molecule has 0 saturated carbocycles. The zero-order chi connectivity index (χ0) is 21.5.